The number of aromatic nitrogens is 2. The second kappa shape index (κ2) is 6.41. The summed E-state index contributed by atoms with van der Waals surface area (Å²) in [4.78, 5) is 1.11. The summed E-state index contributed by atoms with van der Waals surface area (Å²) >= 11 is 7.08. The summed E-state index contributed by atoms with van der Waals surface area (Å²) in [6, 6.07) is 5.00. The van der Waals surface area contributed by atoms with Crippen molar-refractivity contribution in [2.24, 2.45) is 0 Å². The first-order valence-electron chi connectivity index (χ1n) is 6.08. The standard InChI is InChI=1S/C13H15ClFN3S/c1-3-11-13(19-18-17-11)12(16-2)7-8-4-5-9(14)10(15)6-8/h4-6,12,16H,3,7H2,1-2H3. The summed E-state index contributed by atoms with van der Waals surface area (Å²) in [7, 11) is 1.89. The van der Waals surface area contributed by atoms with Gasteiger partial charge in [0.25, 0.3) is 0 Å². The van der Waals surface area contributed by atoms with Gasteiger partial charge >= 0.3 is 0 Å². The van der Waals surface area contributed by atoms with Crippen LogP contribution < -0.4 is 5.32 Å². The van der Waals surface area contributed by atoms with Gasteiger partial charge in [0.05, 0.1) is 15.6 Å². The van der Waals surface area contributed by atoms with Crippen LogP contribution in [0.2, 0.25) is 5.02 Å². The van der Waals surface area contributed by atoms with E-state index in [-0.39, 0.29) is 16.9 Å². The third kappa shape index (κ3) is 3.29. The SMILES string of the molecule is CCc1nnsc1C(Cc1ccc(Cl)c(F)c1)NC. The highest BCUT2D eigenvalue weighted by molar-refractivity contribution is 7.05. The number of hydrogen-bond acceptors (Lipinski definition) is 4. The number of nitrogens with one attached hydrogen (secondary N) is 1. The van der Waals surface area contributed by atoms with Gasteiger partial charge in [-0.2, -0.15) is 0 Å². The van der Waals surface area contributed by atoms with Gasteiger partial charge in [-0.3, -0.25) is 0 Å². The lowest BCUT2D eigenvalue weighted by Gasteiger charge is -2.15. The van der Waals surface area contributed by atoms with Gasteiger partial charge in [0, 0.05) is 6.04 Å². The predicted octanol–water partition coefficient (Wildman–Crippen LogP) is 3.40. The Hall–Kier alpha value is -1.04. The first-order chi connectivity index (χ1) is 9.15. The van der Waals surface area contributed by atoms with Crippen molar-refractivity contribution >= 4 is 23.1 Å². The number of hydrogen-bond donors (Lipinski definition) is 1. The molecule has 1 unspecified atom stereocenters. The summed E-state index contributed by atoms with van der Waals surface area (Å²) in [5, 5.41) is 7.50. The molecular formula is C13H15ClFN3S. The van der Waals surface area contributed by atoms with E-state index in [1.807, 2.05) is 13.1 Å². The van der Waals surface area contributed by atoms with Crippen molar-refractivity contribution in [3.8, 4) is 0 Å². The van der Waals surface area contributed by atoms with E-state index >= 15 is 0 Å². The zero-order valence-electron chi connectivity index (χ0n) is 10.8. The average Bonchev–Trinajstić information content (AvgIpc) is 2.88. The maximum absolute atomic E-state index is 13.4. The van der Waals surface area contributed by atoms with Crippen molar-refractivity contribution in [1.29, 1.82) is 0 Å². The van der Waals surface area contributed by atoms with Crippen molar-refractivity contribution in [1.82, 2.24) is 14.9 Å². The molecule has 0 saturated carbocycles. The molecule has 0 bridgehead atoms. The molecule has 2 rings (SSSR count). The largest absolute Gasteiger partial charge is 0.312 e. The maximum atomic E-state index is 13.4. The van der Waals surface area contributed by atoms with Crippen LogP contribution in [-0.2, 0) is 12.8 Å². The molecule has 1 aromatic carbocycles. The fraction of sp³-hybridized carbons (Fsp3) is 0.385. The highest BCUT2D eigenvalue weighted by atomic mass is 35.5. The van der Waals surface area contributed by atoms with Crippen LogP contribution in [-0.4, -0.2) is 16.6 Å². The third-order valence-electron chi connectivity index (χ3n) is 3.01. The van der Waals surface area contributed by atoms with Gasteiger partial charge < -0.3 is 5.32 Å². The van der Waals surface area contributed by atoms with E-state index in [9.17, 15) is 4.39 Å². The summed E-state index contributed by atoms with van der Waals surface area (Å²) < 4.78 is 17.4. The minimum Gasteiger partial charge on any atom is -0.312 e. The summed E-state index contributed by atoms with van der Waals surface area (Å²) in [5.41, 5.74) is 1.90. The molecule has 102 valence electrons. The summed E-state index contributed by atoms with van der Waals surface area (Å²) in [6.45, 7) is 2.05. The van der Waals surface area contributed by atoms with Gasteiger partial charge in [-0.25, -0.2) is 4.39 Å². The van der Waals surface area contributed by atoms with E-state index < -0.39 is 0 Å². The molecule has 1 aromatic heterocycles. The topological polar surface area (TPSA) is 37.8 Å². The van der Waals surface area contributed by atoms with Gasteiger partial charge in [-0.1, -0.05) is 29.1 Å². The monoisotopic (exact) mass is 299 g/mol. The Kier molecular flexibility index (Phi) is 4.85. The normalized spacial score (nSPS) is 12.6. The van der Waals surface area contributed by atoms with Crippen molar-refractivity contribution in [3.05, 3.63) is 45.2 Å². The van der Waals surface area contributed by atoms with E-state index in [4.69, 9.17) is 11.6 Å². The van der Waals surface area contributed by atoms with Gasteiger partial charge in [0.1, 0.15) is 5.82 Å². The zero-order valence-corrected chi connectivity index (χ0v) is 12.4. The van der Waals surface area contributed by atoms with Gasteiger partial charge in [0.15, 0.2) is 0 Å². The van der Waals surface area contributed by atoms with Crippen LogP contribution in [0.1, 0.15) is 29.1 Å². The quantitative estimate of drug-likeness (QED) is 0.919. The van der Waals surface area contributed by atoms with Crippen molar-refractivity contribution < 1.29 is 4.39 Å². The number of nitrogens with zero attached hydrogens (tertiary/aromatic N) is 2. The molecule has 6 heteroatoms. The lowest BCUT2D eigenvalue weighted by molar-refractivity contribution is 0.587. The fourth-order valence-electron chi connectivity index (χ4n) is 1.95. The van der Waals surface area contributed by atoms with Crippen molar-refractivity contribution in [2.75, 3.05) is 7.05 Å². The number of benzene rings is 1. The highest BCUT2D eigenvalue weighted by Gasteiger charge is 2.17. The molecule has 0 amide bonds. The molecule has 0 radical (unpaired) electrons. The van der Waals surface area contributed by atoms with Crippen LogP contribution in [0.3, 0.4) is 0 Å². The molecule has 1 heterocycles. The predicted molar refractivity (Wildman–Crippen MR) is 76.2 cm³/mol. The van der Waals surface area contributed by atoms with E-state index in [1.54, 1.807) is 6.07 Å². The molecular weight excluding hydrogens is 285 g/mol. The fourth-order valence-corrected chi connectivity index (χ4v) is 2.92. The van der Waals surface area contributed by atoms with Gasteiger partial charge in [-0.05, 0) is 49.1 Å². The Labute approximate surface area is 121 Å². The van der Waals surface area contributed by atoms with Gasteiger partial charge in [-0.15, -0.1) is 5.10 Å². The van der Waals surface area contributed by atoms with Crippen molar-refractivity contribution in [2.45, 2.75) is 25.8 Å². The molecule has 0 aliphatic rings. The molecule has 1 atom stereocenters. The summed E-state index contributed by atoms with van der Waals surface area (Å²) in [5.74, 6) is -0.382. The Balaban J connectivity index is 2.21. The molecule has 0 fully saturated rings. The first-order valence-corrected chi connectivity index (χ1v) is 7.23. The van der Waals surface area contributed by atoms with E-state index in [1.165, 1.54) is 17.6 Å². The Morgan fingerprint density at radius 2 is 2.26 bits per heavy atom. The van der Waals surface area contributed by atoms with Crippen LogP contribution >= 0.6 is 23.1 Å². The Morgan fingerprint density at radius 3 is 2.89 bits per heavy atom. The second-order valence-electron chi connectivity index (χ2n) is 4.23. The van der Waals surface area contributed by atoms with Crippen LogP contribution in [0, 0.1) is 5.82 Å². The van der Waals surface area contributed by atoms with E-state index in [0.717, 1.165) is 22.6 Å². The lowest BCUT2D eigenvalue weighted by Crippen LogP contribution is -2.19. The molecule has 1 N–H and O–H groups in total. The van der Waals surface area contributed by atoms with Crippen molar-refractivity contribution in [3.63, 3.8) is 0 Å². The van der Waals surface area contributed by atoms with Crippen LogP contribution in [0.5, 0.6) is 0 Å². The van der Waals surface area contributed by atoms with E-state index in [2.05, 4.69) is 21.8 Å². The molecule has 0 saturated heterocycles. The molecule has 2 aromatic rings. The van der Waals surface area contributed by atoms with Crippen LogP contribution in [0.4, 0.5) is 4.39 Å². The average molecular weight is 300 g/mol. The number of rotatable bonds is 5. The second-order valence-corrected chi connectivity index (χ2v) is 5.42. The molecule has 0 aliphatic heterocycles. The maximum Gasteiger partial charge on any atom is 0.142 e. The number of halogens is 2. The Morgan fingerprint density at radius 1 is 1.47 bits per heavy atom. The number of likely N-dealkylation sites (N-methyl/N-ethyl adjacent to an activating group) is 1. The first kappa shape index (κ1) is 14.4. The zero-order chi connectivity index (χ0) is 13.8. The van der Waals surface area contributed by atoms with Crippen LogP contribution in [0.15, 0.2) is 18.2 Å². The lowest BCUT2D eigenvalue weighted by atomic mass is 10.0. The smallest absolute Gasteiger partial charge is 0.142 e. The van der Waals surface area contributed by atoms with E-state index in [0.29, 0.717) is 6.42 Å². The molecule has 0 spiro atoms. The van der Waals surface area contributed by atoms with Gasteiger partial charge in [0.2, 0.25) is 0 Å². The minimum atomic E-state index is -0.382. The molecule has 0 aliphatic carbocycles. The Bertz CT molecular complexity index is 559. The molecule has 3 nitrogen and oxygen atoms in total. The highest BCUT2D eigenvalue weighted by Crippen LogP contribution is 2.25. The van der Waals surface area contributed by atoms with Crippen LogP contribution in [0.25, 0.3) is 0 Å². The summed E-state index contributed by atoms with van der Waals surface area (Å²) in [6.07, 6.45) is 1.53. The number of aryl methyl sites for hydroxylation is 1. The minimum absolute atomic E-state index is 0.0931. The third-order valence-corrected chi connectivity index (χ3v) is 4.20. The molecule has 19 heavy (non-hydrogen) atoms.